The monoisotopic (exact) mass is 406 g/mol. The van der Waals surface area contributed by atoms with Gasteiger partial charge >= 0.3 is 0 Å². The van der Waals surface area contributed by atoms with Gasteiger partial charge in [-0.2, -0.15) is 0 Å². The van der Waals surface area contributed by atoms with Crippen molar-refractivity contribution >= 4 is 0 Å². The maximum atomic E-state index is 12.3. The molecule has 1 unspecified atom stereocenters. The fraction of sp³-hybridized carbons (Fsp3) is 0.348. The minimum absolute atomic E-state index is 0.126. The van der Waals surface area contributed by atoms with Crippen LogP contribution in [-0.2, 0) is 6.54 Å². The Morgan fingerprint density at radius 2 is 1.97 bits per heavy atom. The van der Waals surface area contributed by atoms with Crippen LogP contribution in [-0.4, -0.2) is 47.2 Å². The van der Waals surface area contributed by atoms with E-state index in [-0.39, 0.29) is 11.5 Å². The van der Waals surface area contributed by atoms with E-state index in [0.29, 0.717) is 5.82 Å². The first-order valence-electron chi connectivity index (χ1n) is 10.1. The van der Waals surface area contributed by atoms with Gasteiger partial charge in [0, 0.05) is 48.6 Å². The molecule has 156 valence electrons. The summed E-state index contributed by atoms with van der Waals surface area (Å²) >= 11 is 0. The minimum Gasteiger partial charge on any atom is -0.497 e. The van der Waals surface area contributed by atoms with E-state index in [9.17, 15) is 4.79 Å². The van der Waals surface area contributed by atoms with E-state index in [0.717, 1.165) is 60.8 Å². The number of benzene rings is 1. The second kappa shape index (κ2) is 9.09. The van der Waals surface area contributed by atoms with Crippen LogP contribution in [0.25, 0.3) is 11.4 Å². The number of aromatic nitrogens is 3. The average molecular weight is 406 g/mol. The van der Waals surface area contributed by atoms with Crippen molar-refractivity contribution in [3.05, 3.63) is 70.4 Å². The molecule has 1 saturated heterocycles. The molecule has 0 amide bonds. The van der Waals surface area contributed by atoms with Crippen LogP contribution in [0.2, 0.25) is 0 Å². The third-order valence-electron chi connectivity index (χ3n) is 5.52. The Labute approximate surface area is 175 Å². The molecule has 0 saturated carbocycles. The summed E-state index contributed by atoms with van der Waals surface area (Å²) in [5.41, 5.74) is 2.66. The quantitative estimate of drug-likeness (QED) is 0.677. The lowest BCUT2D eigenvalue weighted by Crippen LogP contribution is -2.34. The summed E-state index contributed by atoms with van der Waals surface area (Å²) < 4.78 is 10.9. The largest absolute Gasteiger partial charge is 0.497 e. The second-order valence-corrected chi connectivity index (χ2v) is 7.51. The number of H-pyrrole nitrogens is 1. The third-order valence-corrected chi connectivity index (χ3v) is 5.52. The lowest BCUT2D eigenvalue weighted by atomic mass is 9.94. The highest BCUT2D eigenvalue weighted by atomic mass is 16.5. The summed E-state index contributed by atoms with van der Waals surface area (Å²) in [5, 5.41) is 0. The normalized spacial score (nSPS) is 16.9. The average Bonchev–Trinajstić information content (AvgIpc) is 2.79. The first-order valence-corrected chi connectivity index (χ1v) is 10.1. The van der Waals surface area contributed by atoms with Crippen molar-refractivity contribution in [1.29, 1.82) is 0 Å². The van der Waals surface area contributed by atoms with Crippen LogP contribution in [0.1, 0.15) is 30.0 Å². The molecule has 1 fully saturated rings. The van der Waals surface area contributed by atoms with Crippen LogP contribution in [0.15, 0.2) is 53.6 Å². The molecule has 7 heteroatoms. The molecule has 2 aromatic heterocycles. The Morgan fingerprint density at radius 1 is 1.13 bits per heavy atom. The Hall–Kier alpha value is -3.19. The van der Waals surface area contributed by atoms with Crippen molar-refractivity contribution in [1.82, 2.24) is 19.9 Å². The molecule has 30 heavy (non-hydrogen) atoms. The Morgan fingerprint density at radius 3 is 2.73 bits per heavy atom. The standard InChI is InChI=1S/C23H26N4O3/c1-29-19-5-6-21(30-2)18(12-19)15-27-11-3-4-17(14-27)20-13-22(28)26-23(25-20)16-7-9-24-10-8-16/h5-10,12-13,17H,3-4,11,14-15H2,1-2H3,(H,25,26,28). The summed E-state index contributed by atoms with van der Waals surface area (Å²) in [7, 11) is 3.35. The number of hydrogen-bond acceptors (Lipinski definition) is 6. The van der Waals surface area contributed by atoms with Gasteiger partial charge in [-0.25, -0.2) is 4.98 Å². The summed E-state index contributed by atoms with van der Waals surface area (Å²) in [5.74, 6) is 2.47. The van der Waals surface area contributed by atoms with E-state index >= 15 is 0 Å². The van der Waals surface area contributed by atoms with Crippen LogP contribution in [0, 0.1) is 0 Å². The number of nitrogens with zero attached hydrogens (tertiary/aromatic N) is 3. The van der Waals surface area contributed by atoms with Crippen molar-refractivity contribution < 1.29 is 9.47 Å². The topological polar surface area (TPSA) is 80.3 Å². The lowest BCUT2D eigenvalue weighted by molar-refractivity contribution is 0.196. The van der Waals surface area contributed by atoms with Gasteiger partial charge in [-0.05, 0) is 49.7 Å². The number of hydrogen-bond donors (Lipinski definition) is 1. The van der Waals surface area contributed by atoms with Gasteiger partial charge in [0.15, 0.2) is 0 Å². The Kier molecular flexibility index (Phi) is 6.09. The van der Waals surface area contributed by atoms with Crippen molar-refractivity contribution in [2.75, 3.05) is 27.3 Å². The SMILES string of the molecule is COc1ccc(OC)c(CN2CCCC(c3cc(=O)[nH]c(-c4ccncc4)n3)C2)c1. The van der Waals surface area contributed by atoms with Gasteiger partial charge in [-0.15, -0.1) is 0 Å². The molecule has 1 N–H and O–H groups in total. The van der Waals surface area contributed by atoms with Crippen LogP contribution >= 0.6 is 0 Å². The number of methoxy groups -OCH3 is 2. The number of likely N-dealkylation sites (tertiary alicyclic amines) is 1. The maximum Gasteiger partial charge on any atom is 0.251 e. The van der Waals surface area contributed by atoms with E-state index in [4.69, 9.17) is 14.5 Å². The third kappa shape index (κ3) is 4.52. The van der Waals surface area contributed by atoms with Gasteiger partial charge < -0.3 is 14.5 Å². The zero-order valence-electron chi connectivity index (χ0n) is 17.3. The van der Waals surface area contributed by atoms with Gasteiger partial charge in [0.05, 0.1) is 19.9 Å². The first-order chi connectivity index (χ1) is 14.7. The smallest absolute Gasteiger partial charge is 0.251 e. The van der Waals surface area contributed by atoms with Crippen molar-refractivity contribution in [2.24, 2.45) is 0 Å². The van der Waals surface area contributed by atoms with Crippen LogP contribution < -0.4 is 15.0 Å². The second-order valence-electron chi connectivity index (χ2n) is 7.51. The number of aromatic amines is 1. The molecule has 3 aromatic rings. The first kappa shape index (κ1) is 20.1. The molecule has 1 aliphatic rings. The van der Waals surface area contributed by atoms with Gasteiger partial charge in [0.2, 0.25) is 0 Å². The number of ether oxygens (including phenoxy) is 2. The molecule has 0 radical (unpaired) electrons. The zero-order valence-corrected chi connectivity index (χ0v) is 17.3. The van der Waals surface area contributed by atoms with Crippen LogP contribution in [0.4, 0.5) is 0 Å². The Balaban J connectivity index is 1.55. The fourth-order valence-corrected chi connectivity index (χ4v) is 4.02. The molecule has 1 atom stereocenters. The van der Waals surface area contributed by atoms with Gasteiger partial charge in [-0.1, -0.05) is 0 Å². The Bertz CT molecular complexity index is 1050. The summed E-state index contributed by atoms with van der Waals surface area (Å²) in [4.78, 5) is 26.3. The molecule has 0 bridgehead atoms. The van der Waals surface area contributed by atoms with Crippen LogP contribution in [0.5, 0.6) is 11.5 Å². The molecule has 4 rings (SSSR count). The predicted molar refractivity (Wildman–Crippen MR) is 115 cm³/mol. The van der Waals surface area contributed by atoms with Crippen molar-refractivity contribution in [2.45, 2.75) is 25.3 Å². The molecule has 0 spiro atoms. The van der Waals surface area contributed by atoms with E-state index in [2.05, 4.69) is 14.9 Å². The number of nitrogens with one attached hydrogen (secondary N) is 1. The fourth-order valence-electron chi connectivity index (χ4n) is 4.02. The highest BCUT2D eigenvalue weighted by Gasteiger charge is 2.24. The molecule has 0 aliphatic carbocycles. The van der Waals surface area contributed by atoms with E-state index in [1.807, 2.05) is 30.3 Å². The number of piperidine rings is 1. The van der Waals surface area contributed by atoms with Crippen LogP contribution in [0.3, 0.4) is 0 Å². The van der Waals surface area contributed by atoms with Crippen molar-refractivity contribution in [3.63, 3.8) is 0 Å². The summed E-state index contributed by atoms with van der Waals surface area (Å²) in [6.07, 6.45) is 5.46. The highest BCUT2D eigenvalue weighted by molar-refractivity contribution is 5.53. The van der Waals surface area contributed by atoms with E-state index in [1.54, 1.807) is 32.7 Å². The zero-order chi connectivity index (χ0) is 20.9. The van der Waals surface area contributed by atoms with Gasteiger partial charge in [0.25, 0.3) is 5.56 Å². The predicted octanol–water partition coefficient (Wildman–Crippen LogP) is 3.23. The lowest BCUT2D eigenvalue weighted by Gasteiger charge is -2.32. The minimum atomic E-state index is -0.126. The molecular weight excluding hydrogens is 380 g/mol. The molecule has 1 aromatic carbocycles. The van der Waals surface area contributed by atoms with Crippen molar-refractivity contribution in [3.8, 4) is 22.9 Å². The molecular formula is C23H26N4O3. The maximum absolute atomic E-state index is 12.3. The molecule has 7 nitrogen and oxygen atoms in total. The molecule has 3 heterocycles. The molecule has 1 aliphatic heterocycles. The van der Waals surface area contributed by atoms with Gasteiger partial charge in [-0.3, -0.25) is 14.7 Å². The van der Waals surface area contributed by atoms with E-state index in [1.165, 1.54) is 0 Å². The van der Waals surface area contributed by atoms with Gasteiger partial charge in [0.1, 0.15) is 17.3 Å². The summed E-state index contributed by atoms with van der Waals surface area (Å²) in [6, 6.07) is 11.2. The highest BCUT2D eigenvalue weighted by Crippen LogP contribution is 2.30. The van der Waals surface area contributed by atoms with E-state index < -0.39 is 0 Å². The number of rotatable bonds is 6. The summed E-state index contributed by atoms with van der Waals surface area (Å²) in [6.45, 7) is 2.60. The number of pyridine rings is 1.